The molecule has 1 atom stereocenters. The largest absolute Gasteiger partial charge is 0.480 e. The van der Waals surface area contributed by atoms with E-state index in [9.17, 15) is 9.18 Å². The Morgan fingerprint density at radius 1 is 1.17 bits per heavy atom. The van der Waals surface area contributed by atoms with Gasteiger partial charge >= 0.3 is 0 Å². The van der Waals surface area contributed by atoms with E-state index in [1.807, 2.05) is 31.2 Å². The minimum atomic E-state index is -0.300. The summed E-state index contributed by atoms with van der Waals surface area (Å²) in [4.78, 5) is 25.0. The summed E-state index contributed by atoms with van der Waals surface area (Å²) in [5.41, 5.74) is 3.33. The predicted octanol–water partition coefficient (Wildman–Crippen LogP) is 3.85. The van der Waals surface area contributed by atoms with Crippen molar-refractivity contribution in [3.8, 4) is 5.75 Å². The maximum Gasteiger partial charge on any atom is 0.263 e. The highest BCUT2D eigenvalue weighted by atomic mass is 19.1. The van der Waals surface area contributed by atoms with E-state index in [4.69, 9.17) is 9.47 Å². The van der Waals surface area contributed by atoms with Gasteiger partial charge in [0.1, 0.15) is 5.82 Å². The fourth-order valence-electron chi connectivity index (χ4n) is 5.85. The Morgan fingerprint density at radius 2 is 2.00 bits per heavy atom. The van der Waals surface area contributed by atoms with E-state index in [1.54, 1.807) is 0 Å². The van der Waals surface area contributed by atoms with E-state index >= 15 is 0 Å². The monoisotopic (exact) mass is 491 g/mol. The van der Waals surface area contributed by atoms with Gasteiger partial charge in [0.15, 0.2) is 18.2 Å². The van der Waals surface area contributed by atoms with Crippen molar-refractivity contribution >= 4 is 22.8 Å². The molecule has 7 rings (SSSR count). The molecular formula is C27H30FN5O3. The number of pyridine rings is 3. The number of aryl methyl sites for hydroxylation is 1. The first-order valence-electron chi connectivity index (χ1n) is 12.6. The lowest BCUT2D eigenvalue weighted by Gasteiger charge is -2.56. The maximum atomic E-state index is 14.9. The number of hydrogen-bond donors (Lipinski definition) is 2. The van der Waals surface area contributed by atoms with Crippen molar-refractivity contribution in [1.82, 2.24) is 20.3 Å². The van der Waals surface area contributed by atoms with Crippen molar-refractivity contribution in [3.63, 3.8) is 0 Å². The van der Waals surface area contributed by atoms with Gasteiger partial charge < -0.3 is 20.1 Å². The standard InChI is InChI=1S/C27H30FN5O3/c1-16(11-19-20(28)13-29-21-5-3-17(2)31-24(19)21)27-9-7-26(8-10-27,15-36-27)30-12-18-4-6-22-25(32-18)33-23(34)14-35-22/h3-6,13,16,30H,7-12,14-15H2,1-2H3,(H,32,33,34). The van der Waals surface area contributed by atoms with Crippen LogP contribution in [-0.4, -0.2) is 45.2 Å². The zero-order valence-electron chi connectivity index (χ0n) is 20.6. The molecule has 3 aromatic rings. The number of aromatic nitrogens is 3. The summed E-state index contributed by atoms with van der Waals surface area (Å²) < 4.78 is 26.8. The van der Waals surface area contributed by atoms with Gasteiger partial charge in [0.2, 0.25) is 0 Å². The molecule has 0 aromatic carbocycles. The van der Waals surface area contributed by atoms with Crippen LogP contribution in [0.25, 0.3) is 11.0 Å². The summed E-state index contributed by atoms with van der Waals surface area (Å²) in [6.07, 6.45) is 5.68. The molecular weight excluding hydrogens is 461 g/mol. The van der Waals surface area contributed by atoms with Crippen molar-refractivity contribution in [2.75, 3.05) is 18.5 Å². The van der Waals surface area contributed by atoms with Gasteiger partial charge in [-0.05, 0) is 69.2 Å². The summed E-state index contributed by atoms with van der Waals surface area (Å²) in [7, 11) is 0. The molecule has 1 amide bonds. The highest BCUT2D eigenvalue weighted by Gasteiger charge is 2.52. The van der Waals surface area contributed by atoms with E-state index in [0.29, 0.717) is 42.2 Å². The lowest BCUT2D eigenvalue weighted by molar-refractivity contribution is -0.186. The number of halogens is 1. The van der Waals surface area contributed by atoms with Crippen LogP contribution in [0, 0.1) is 18.7 Å². The molecule has 0 spiro atoms. The molecule has 3 aromatic heterocycles. The van der Waals surface area contributed by atoms with Crippen molar-refractivity contribution in [2.45, 2.75) is 63.6 Å². The summed E-state index contributed by atoms with van der Waals surface area (Å²) in [6.45, 7) is 5.29. The van der Waals surface area contributed by atoms with Gasteiger partial charge in [0.25, 0.3) is 5.91 Å². The van der Waals surface area contributed by atoms with Crippen LogP contribution in [0.4, 0.5) is 10.2 Å². The first kappa shape index (κ1) is 23.2. The molecule has 1 saturated carbocycles. The Hall–Kier alpha value is -3.17. The maximum absolute atomic E-state index is 14.9. The normalized spacial score (nSPS) is 25.8. The van der Waals surface area contributed by atoms with Crippen molar-refractivity contribution in [3.05, 3.63) is 53.2 Å². The Morgan fingerprint density at radius 3 is 2.78 bits per heavy atom. The minimum Gasteiger partial charge on any atom is -0.480 e. The Bertz CT molecular complexity index is 1320. The predicted molar refractivity (Wildman–Crippen MR) is 132 cm³/mol. The zero-order chi connectivity index (χ0) is 24.9. The SMILES string of the molecule is Cc1ccc2ncc(F)c(CC(C)C34CCC(NCc5ccc6c(n5)NC(=O)CO6)(CC3)CO4)c2n1. The number of hydrogen-bond acceptors (Lipinski definition) is 7. The van der Waals surface area contributed by atoms with E-state index in [0.717, 1.165) is 42.6 Å². The third kappa shape index (κ3) is 4.10. The van der Waals surface area contributed by atoms with Crippen LogP contribution in [0.2, 0.25) is 0 Å². The number of fused-ring (bicyclic) bond motifs is 5. The van der Waals surface area contributed by atoms with Crippen molar-refractivity contribution in [1.29, 1.82) is 0 Å². The molecule has 4 aliphatic rings. The second-order valence-electron chi connectivity index (χ2n) is 10.5. The number of anilines is 1. The van der Waals surface area contributed by atoms with Crippen LogP contribution >= 0.6 is 0 Å². The van der Waals surface area contributed by atoms with Crippen molar-refractivity contribution in [2.24, 2.45) is 5.92 Å². The average Bonchev–Trinajstić information content (AvgIpc) is 2.90. The van der Waals surface area contributed by atoms with Gasteiger partial charge in [-0.2, -0.15) is 0 Å². The molecule has 9 heteroatoms. The molecule has 8 nitrogen and oxygen atoms in total. The molecule has 0 radical (unpaired) electrons. The molecule has 2 N–H and O–H groups in total. The molecule has 188 valence electrons. The Labute approximate surface area is 209 Å². The zero-order valence-corrected chi connectivity index (χ0v) is 20.6. The van der Waals surface area contributed by atoms with Crippen LogP contribution in [0.5, 0.6) is 5.75 Å². The van der Waals surface area contributed by atoms with Gasteiger partial charge in [0.05, 0.1) is 35.1 Å². The molecule has 1 aliphatic carbocycles. The molecule has 3 aliphatic heterocycles. The number of carbonyl (C=O) groups is 1. The van der Waals surface area contributed by atoms with Crippen LogP contribution < -0.4 is 15.4 Å². The summed E-state index contributed by atoms with van der Waals surface area (Å²) in [5, 5.41) is 6.45. The quantitative estimate of drug-likeness (QED) is 0.540. The highest BCUT2D eigenvalue weighted by Crippen LogP contribution is 2.48. The molecule has 3 fully saturated rings. The fourth-order valence-corrected chi connectivity index (χ4v) is 5.85. The molecule has 2 bridgehead atoms. The number of rotatable bonds is 6. The van der Waals surface area contributed by atoms with Gasteiger partial charge in [0, 0.05) is 23.3 Å². The Balaban J connectivity index is 1.13. The topological polar surface area (TPSA) is 98.3 Å². The number of nitrogens with one attached hydrogen (secondary N) is 2. The minimum absolute atomic E-state index is 0.0209. The first-order valence-corrected chi connectivity index (χ1v) is 12.6. The summed E-state index contributed by atoms with van der Waals surface area (Å²) >= 11 is 0. The van der Waals surface area contributed by atoms with E-state index in [2.05, 4.69) is 32.5 Å². The van der Waals surface area contributed by atoms with Crippen LogP contribution in [0.15, 0.2) is 30.5 Å². The van der Waals surface area contributed by atoms with Gasteiger partial charge in [-0.3, -0.25) is 14.8 Å². The van der Waals surface area contributed by atoms with Gasteiger partial charge in [-0.25, -0.2) is 9.37 Å². The third-order valence-corrected chi connectivity index (χ3v) is 8.18. The van der Waals surface area contributed by atoms with E-state index in [1.165, 1.54) is 6.20 Å². The summed E-state index contributed by atoms with van der Waals surface area (Å²) in [5.74, 6) is 0.718. The molecule has 6 heterocycles. The van der Waals surface area contributed by atoms with Crippen LogP contribution in [0.3, 0.4) is 0 Å². The lowest BCUT2D eigenvalue weighted by Crippen LogP contribution is -2.63. The lowest BCUT2D eigenvalue weighted by atomic mass is 9.65. The van der Waals surface area contributed by atoms with E-state index in [-0.39, 0.29) is 35.4 Å². The number of carbonyl (C=O) groups excluding carboxylic acids is 1. The van der Waals surface area contributed by atoms with Gasteiger partial charge in [-0.15, -0.1) is 0 Å². The molecule has 1 unspecified atom stereocenters. The fraction of sp³-hybridized carbons (Fsp3) is 0.481. The number of amides is 1. The van der Waals surface area contributed by atoms with Crippen LogP contribution in [-0.2, 0) is 22.5 Å². The highest BCUT2D eigenvalue weighted by molar-refractivity contribution is 5.94. The smallest absolute Gasteiger partial charge is 0.263 e. The molecule has 36 heavy (non-hydrogen) atoms. The van der Waals surface area contributed by atoms with Crippen molar-refractivity contribution < 1.29 is 18.7 Å². The average molecular weight is 492 g/mol. The van der Waals surface area contributed by atoms with Crippen LogP contribution in [0.1, 0.15) is 49.6 Å². The van der Waals surface area contributed by atoms with E-state index < -0.39 is 0 Å². The first-order chi connectivity index (χ1) is 17.3. The number of nitrogens with zero attached hydrogens (tertiary/aromatic N) is 3. The van der Waals surface area contributed by atoms with Gasteiger partial charge in [-0.1, -0.05) is 6.92 Å². The third-order valence-electron chi connectivity index (χ3n) is 8.18. The summed E-state index contributed by atoms with van der Waals surface area (Å²) in [6, 6.07) is 7.57. The molecule has 2 saturated heterocycles. The number of ether oxygens (including phenoxy) is 2. The second kappa shape index (κ2) is 8.74. The Kier molecular flexibility index (Phi) is 5.64. The second-order valence-corrected chi connectivity index (χ2v) is 10.5.